The minimum Gasteiger partial charge on any atom is -0.342 e. The summed E-state index contributed by atoms with van der Waals surface area (Å²) >= 11 is 5.43. The Bertz CT molecular complexity index is 1280. The number of thiocarbonyl (C=S) groups is 1. The van der Waals surface area contributed by atoms with Crippen molar-refractivity contribution in [3.63, 3.8) is 0 Å². The van der Waals surface area contributed by atoms with Gasteiger partial charge in [0.15, 0.2) is 5.11 Å². The predicted molar refractivity (Wildman–Crippen MR) is 125 cm³/mol. The van der Waals surface area contributed by atoms with Crippen LogP contribution in [0.1, 0.15) is 11.1 Å². The van der Waals surface area contributed by atoms with Gasteiger partial charge in [0.05, 0.1) is 5.69 Å². The minimum absolute atomic E-state index is 0.147. The Labute approximate surface area is 180 Å². The summed E-state index contributed by atoms with van der Waals surface area (Å²) in [5, 5.41) is 4.57. The molecule has 0 atom stereocenters. The van der Waals surface area contributed by atoms with Gasteiger partial charge in [0.25, 0.3) is 5.91 Å². The van der Waals surface area contributed by atoms with Crippen LogP contribution in [0.2, 0.25) is 0 Å². The Morgan fingerprint density at radius 2 is 1.53 bits per heavy atom. The number of nitrogens with zero attached hydrogens (tertiary/aromatic N) is 2. The number of anilines is 1. The van der Waals surface area contributed by atoms with Crippen molar-refractivity contribution in [2.45, 2.75) is 6.54 Å². The number of carbonyl (C=O) groups is 1. The number of benzene rings is 3. The zero-order valence-electron chi connectivity index (χ0n) is 16.2. The molecule has 0 radical (unpaired) electrons. The number of carbonyl (C=O) groups excluding carboxylic acids is 1. The fraction of sp³-hybridized carbons (Fsp3) is 0.0400. The van der Waals surface area contributed by atoms with Crippen molar-refractivity contribution < 1.29 is 4.79 Å². The summed E-state index contributed by atoms with van der Waals surface area (Å²) in [4.78, 5) is 14.6. The third-order valence-corrected chi connectivity index (χ3v) is 5.49. The van der Waals surface area contributed by atoms with Crippen LogP contribution in [0.5, 0.6) is 0 Å². The van der Waals surface area contributed by atoms with Crippen molar-refractivity contribution in [1.29, 1.82) is 0 Å². The molecule has 2 heterocycles. The van der Waals surface area contributed by atoms with E-state index in [0.29, 0.717) is 10.8 Å². The lowest BCUT2D eigenvalue weighted by molar-refractivity contribution is -0.113. The van der Waals surface area contributed by atoms with Crippen LogP contribution in [0, 0.1) is 0 Å². The van der Waals surface area contributed by atoms with E-state index in [1.807, 2.05) is 66.7 Å². The summed E-state index contributed by atoms with van der Waals surface area (Å²) in [5.41, 5.74) is 4.57. The zero-order valence-corrected chi connectivity index (χ0v) is 17.0. The van der Waals surface area contributed by atoms with Crippen LogP contribution in [-0.2, 0) is 11.3 Å². The summed E-state index contributed by atoms with van der Waals surface area (Å²) in [6, 6.07) is 28.0. The molecular weight excluding hydrogens is 390 g/mol. The molecule has 1 amide bonds. The zero-order chi connectivity index (χ0) is 20.5. The molecule has 5 heteroatoms. The molecule has 1 aliphatic rings. The number of hydrogen-bond donors (Lipinski definition) is 1. The molecule has 4 nitrogen and oxygen atoms in total. The summed E-state index contributed by atoms with van der Waals surface area (Å²) in [5.74, 6) is -0.147. The molecule has 1 fully saturated rings. The first-order valence-corrected chi connectivity index (χ1v) is 10.2. The average molecular weight is 410 g/mol. The number of amides is 1. The number of fused-ring (bicyclic) bond motifs is 1. The molecular formula is C25H19N3OS. The Balaban J connectivity index is 1.53. The van der Waals surface area contributed by atoms with E-state index in [4.69, 9.17) is 12.2 Å². The highest BCUT2D eigenvalue weighted by molar-refractivity contribution is 7.80. The fourth-order valence-corrected chi connectivity index (χ4v) is 4.10. The smallest absolute Gasteiger partial charge is 0.281 e. The summed E-state index contributed by atoms with van der Waals surface area (Å²) in [6.45, 7) is 0.764. The number of aromatic nitrogens is 1. The first-order valence-electron chi connectivity index (χ1n) is 9.75. The van der Waals surface area contributed by atoms with Gasteiger partial charge in [-0.15, -0.1) is 0 Å². The lowest BCUT2D eigenvalue weighted by Crippen LogP contribution is -2.30. The molecule has 146 valence electrons. The van der Waals surface area contributed by atoms with E-state index in [1.54, 1.807) is 0 Å². The van der Waals surface area contributed by atoms with Gasteiger partial charge < -0.3 is 9.88 Å². The lowest BCUT2D eigenvalue weighted by atomic mass is 10.1. The highest BCUT2D eigenvalue weighted by Crippen LogP contribution is 2.27. The maximum Gasteiger partial charge on any atom is 0.281 e. The van der Waals surface area contributed by atoms with Crippen molar-refractivity contribution in [1.82, 2.24) is 9.88 Å². The van der Waals surface area contributed by atoms with Crippen LogP contribution in [0.3, 0.4) is 0 Å². The first kappa shape index (κ1) is 18.3. The second-order valence-electron chi connectivity index (χ2n) is 7.18. The van der Waals surface area contributed by atoms with E-state index >= 15 is 0 Å². The van der Waals surface area contributed by atoms with Gasteiger partial charge in [-0.3, -0.25) is 9.69 Å². The lowest BCUT2D eigenvalue weighted by Gasteiger charge is -2.13. The molecule has 0 spiro atoms. The highest BCUT2D eigenvalue weighted by Gasteiger charge is 2.32. The molecule has 4 aromatic rings. The highest BCUT2D eigenvalue weighted by atomic mass is 32.1. The van der Waals surface area contributed by atoms with Crippen LogP contribution in [0.15, 0.2) is 96.8 Å². The van der Waals surface area contributed by atoms with E-state index in [9.17, 15) is 4.79 Å². The first-order chi connectivity index (χ1) is 14.7. The molecule has 30 heavy (non-hydrogen) atoms. The van der Waals surface area contributed by atoms with E-state index < -0.39 is 0 Å². The Hall–Kier alpha value is -3.70. The van der Waals surface area contributed by atoms with Gasteiger partial charge in [-0.1, -0.05) is 66.7 Å². The molecule has 0 bridgehead atoms. The van der Waals surface area contributed by atoms with Gasteiger partial charge in [-0.25, -0.2) is 0 Å². The minimum atomic E-state index is -0.147. The van der Waals surface area contributed by atoms with Crippen molar-refractivity contribution in [2.24, 2.45) is 0 Å². The van der Waals surface area contributed by atoms with E-state index in [2.05, 4.69) is 40.3 Å². The third-order valence-electron chi connectivity index (χ3n) is 5.21. The van der Waals surface area contributed by atoms with Crippen LogP contribution < -0.4 is 10.2 Å². The van der Waals surface area contributed by atoms with Crippen molar-refractivity contribution in [3.05, 3.63) is 108 Å². The number of para-hydroxylation sites is 2. The molecule has 1 saturated heterocycles. The molecule has 1 N–H and O–H groups in total. The van der Waals surface area contributed by atoms with Gasteiger partial charge in [-0.2, -0.15) is 0 Å². The Kier molecular flexibility index (Phi) is 4.65. The second-order valence-corrected chi connectivity index (χ2v) is 7.57. The number of hydrogen-bond acceptors (Lipinski definition) is 2. The molecule has 1 aliphatic heterocycles. The standard InChI is InChI=1S/C25H19N3OS/c29-24-22(26-25(30)28(24)20-11-5-2-6-12-20)15-19-17-27(16-18-9-3-1-4-10-18)23-14-8-7-13-21(19)23/h1-15,17H,16H2,(H,26,30)/b22-15+. The molecule has 0 saturated carbocycles. The van der Waals surface area contributed by atoms with Crippen molar-refractivity contribution in [2.75, 3.05) is 4.90 Å². The maximum atomic E-state index is 13.1. The predicted octanol–water partition coefficient (Wildman–Crippen LogP) is 4.95. The van der Waals surface area contributed by atoms with Gasteiger partial charge in [-0.05, 0) is 42.1 Å². The maximum absolute atomic E-state index is 13.1. The summed E-state index contributed by atoms with van der Waals surface area (Å²) < 4.78 is 2.21. The van der Waals surface area contributed by atoms with Gasteiger partial charge >= 0.3 is 0 Å². The fourth-order valence-electron chi connectivity index (χ4n) is 3.80. The van der Waals surface area contributed by atoms with Crippen LogP contribution in [-0.4, -0.2) is 15.6 Å². The normalized spacial score (nSPS) is 15.2. The molecule has 3 aromatic carbocycles. The summed E-state index contributed by atoms with van der Waals surface area (Å²) in [6.07, 6.45) is 3.98. The van der Waals surface area contributed by atoms with E-state index in [0.717, 1.165) is 28.7 Å². The SMILES string of the molecule is O=C1/C(=C\c2cn(Cc3ccccc3)c3ccccc23)NC(=S)N1c1ccccc1. The van der Waals surface area contributed by atoms with Gasteiger partial charge in [0.1, 0.15) is 5.70 Å². The topological polar surface area (TPSA) is 37.3 Å². The Morgan fingerprint density at radius 3 is 2.30 bits per heavy atom. The van der Waals surface area contributed by atoms with E-state index in [-0.39, 0.29) is 5.91 Å². The molecule has 0 unspecified atom stereocenters. The monoisotopic (exact) mass is 409 g/mol. The third kappa shape index (κ3) is 3.29. The average Bonchev–Trinajstić information content (AvgIpc) is 3.26. The Morgan fingerprint density at radius 1 is 0.867 bits per heavy atom. The van der Waals surface area contributed by atoms with Crippen molar-refractivity contribution >= 4 is 45.9 Å². The summed E-state index contributed by atoms with van der Waals surface area (Å²) in [7, 11) is 0. The number of nitrogens with one attached hydrogen (secondary N) is 1. The van der Waals surface area contributed by atoms with Gasteiger partial charge in [0, 0.05) is 29.2 Å². The largest absolute Gasteiger partial charge is 0.342 e. The van der Waals surface area contributed by atoms with Crippen LogP contribution >= 0.6 is 12.2 Å². The molecule has 0 aliphatic carbocycles. The van der Waals surface area contributed by atoms with Crippen LogP contribution in [0.4, 0.5) is 5.69 Å². The molecule has 1 aromatic heterocycles. The van der Waals surface area contributed by atoms with Gasteiger partial charge in [0.2, 0.25) is 0 Å². The van der Waals surface area contributed by atoms with Crippen molar-refractivity contribution in [3.8, 4) is 0 Å². The molecule has 5 rings (SSSR count). The van der Waals surface area contributed by atoms with E-state index in [1.165, 1.54) is 10.5 Å². The number of rotatable bonds is 4. The quantitative estimate of drug-likeness (QED) is 0.383. The second kappa shape index (κ2) is 7.61. The van der Waals surface area contributed by atoms with Crippen LogP contribution in [0.25, 0.3) is 17.0 Å².